The first kappa shape index (κ1) is 11.2. The molecule has 0 saturated heterocycles. The van der Waals surface area contributed by atoms with Crippen molar-refractivity contribution < 1.29 is 18.7 Å². The molecule has 17 heavy (non-hydrogen) atoms. The number of furan rings is 1. The highest BCUT2D eigenvalue weighted by molar-refractivity contribution is 5.85. The topological polar surface area (TPSA) is 62.5 Å². The maximum atomic E-state index is 13.0. The Balaban J connectivity index is 2.19. The highest BCUT2D eigenvalue weighted by Crippen LogP contribution is 2.21. The number of hydrogen-bond acceptors (Lipinski definition) is 3. The van der Waals surface area contributed by atoms with Gasteiger partial charge >= 0.3 is 5.97 Å². The molecule has 2 rings (SSSR count). The number of nitrogens with one attached hydrogen (secondary N) is 1. The molecule has 4 nitrogen and oxygen atoms in total. The number of rotatable bonds is 3. The molecular formula is C12H10FNO3. The number of hydrogen-bond donors (Lipinski definition) is 2. The Kier molecular flexibility index (Phi) is 2.82. The van der Waals surface area contributed by atoms with Gasteiger partial charge in [-0.3, -0.25) is 0 Å². The molecule has 0 amide bonds. The fraction of sp³-hybridized carbons (Fsp3) is 0.0833. The van der Waals surface area contributed by atoms with Gasteiger partial charge in [-0.2, -0.15) is 0 Å². The first-order chi connectivity index (χ1) is 8.06. The molecule has 88 valence electrons. The van der Waals surface area contributed by atoms with Crippen molar-refractivity contribution in [3.63, 3.8) is 0 Å². The van der Waals surface area contributed by atoms with Crippen LogP contribution in [0.3, 0.4) is 0 Å². The lowest BCUT2D eigenvalue weighted by Gasteiger charge is -2.04. The van der Waals surface area contributed by atoms with E-state index in [9.17, 15) is 9.18 Å². The predicted molar refractivity (Wildman–Crippen MR) is 60.1 cm³/mol. The van der Waals surface area contributed by atoms with Crippen molar-refractivity contribution in [3.8, 4) is 0 Å². The third-order valence-corrected chi connectivity index (χ3v) is 2.24. The van der Waals surface area contributed by atoms with Gasteiger partial charge in [0.05, 0.1) is 0 Å². The molecule has 0 atom stereocenters. The van der Waals surface area contributed by atoms with E-state index in [0.29, 0.717) is 17.1 Å². The Hall–Kier alpha value is -2.30. The van der Waals surface area contributed by atoms with Gasteiger partial charge in [0.2, 0.25) is 5.76 Å². The van der Waals surface area contributed by atoms with Crippen molar-refractivity contribution in [2.75, 3.05) is 5.32 Å². The van der Waals surface area contributed by atoms with Crippen LogP contribution in [0.1, 0.15) is 16.1 Å². The minimum atomic E-state index is -1.13. The lowest BCUT2D eigenvalue weighted by Crippen LogP contribution is -1.93. The molecule has 1 heterocycles. The highest BCUT2D eigenvalue weighted by atomic mass is 19.1. The monoisotopic (exact) mass is 235 g/mol. The van der Waals surface area contributed by atoms with Crippen molar-refractivity contribution >= 4 is 17.5 Å². The molecule has 2 N–H and O–H groups in total. The number of aryl methyl sites for hydroxylation is 1. The van der Waals surface area contributed by atoms with Crippen LogP contribution in [0.15, 0.2) is 34.7 Å². The number of halogens is 1. The fourth-order valence-corrected chi connectivity index (χ4v) is 1.38. The molecule has 0 aliphatic heterocycles. The van der Waals surface area contributed by atoms with Gasteiger partial charge in [-0.05, 0) is 36.8 Å². The second-order valence-electron chi connectivity index (χ2n) is 3.56. The van der Waals surface area contributed by atoms with E-state index in [-0.39, 0.29) is 11.6 Å². The van der Waals surface area contributed by atoms with Crippen LogP contribution >= 0.6 is 0 Å². The summed E-state index contributed by atoms with van der Waals surface area (Å²) in [6.07, 6.45) is 0. The van der Waals surface area contributed by atoms with Crippen LogP contribution < -0.4 is 5.32 Å². The standard InChI is InChI=1S/C12H10FNO3/c1-7-6-8(2-3-9(7)13)14-11-5-4-10(17-11)12(15)16/h2-6,14H,1H3,(H,15,16). The van der Waals surface area contributed by atoms with Crippen molar-refractivity contribution in [1.82, 2.24) is 0 Å². The number of carbonyl (C=O) groups is 1. The summed E-state index contributed by atoms with van der Waals surface area (Å²) in [5.41, 5.74) is 1.13. The third kappa shape index (κ3) is 2.44. The van der Waals surface area contributed by atoms with Gasteiger partial charge in [-0.25, -0.2) is 9.18 Å². The van der Waals surface area contributed by atoms with E-state index >= 15 is 0 Å². The molecule has 0 aliphatic rings. The molecule has 5 heteroatoms. The molecule has 2 aromatic rings. The van der Waals surface area contributed by atoms with E-state index in [4.69, 9.17) is 9.52 Å². The van der Waals surface area contributed by atoms with Gasteiger partial charge in [0.25, 0.3) is 0 Å². The van der Waals surface area contributed by atoms with E-state index in [1.165, 1.54) is 18.2 Å². The Morgan fingerprint density at radius 3 is 2.71 bits per heavy atom. The molecule has 0 fully saturated rings. The Morgan fingerprint density at radius 1 is 1.35 bits per heavy atom. The summed E-state index contributed by atoms with van der Waals surface area (Å²) in [5, 5.41) is 11.5. The Labute approximate surface area is 96.7 Å². The zero-order chi connectivity index (χ0) is 12.4. The summed E-state index contributed by atoms with van der Waals surface area (Å²) in [6.45, 7) is 1.64. The van der Waals surface area contributed by atoms with Gasteiger partial charge in [-0.15, -0.1) is 0 Å². The molecular weight excluding hydrogens is 225 g/mol. The second kappa shape index (κ2) is 4.29. The zero-order valence-electron chi connectivity index (χ0n) is 9.03. The summed E-state index contributed by atoms with van der Waals surface area (Å²) < 4.78 is 18.0. The number of aromatic carboxylic acids is 1. The third-order valence-electron chi connectivity index (χ3n) is 2.24. The molecule has 0 unspecified atom stereocenters. The molecule has 1 aromatic carbocycles. The average molecular weight is 235 g/mol. The summed E-state index contributed by atoms with van der Waals surface area (Å²) in [5.74, 6) is -1.27. The van der Waals surface area contributed by atoms with E-state index < -0.39 is 5.97 Å². The van der Waals surface area contributed by atoms with Crippen LogP contribution in [0.4, 0.5) is 16.0 Å². The molecule has 1 aromatic heterocycles. The van der Waals surface area contributed by atoms with Gasteiger partial charge in [0.15, 0.2) is 5.88 Å². The minimum absolute atomic E-state index is 0.147. The number of anilines is 2. The SMILES string of the molecule is Cc1cc(Nc2ccc(C(=O)O)o2)ccc1F. The fourth-order valence-electron chi connectivity index (χ4n) is 1.38. The van der Waals surface area contributed by atoms with Gasteiger partial charge in [0.1, 0.15) is 5.82 Å². The van der Waals surface area contributed by atoms with E-state index in [1.807, 2.05) is 0 Å². The van der Waals surface area contributed by atoms with E-state index in [2.05, 4.69) is 5.32 Å². The number of benzene rings is 1. The van der Waals surface area contributed by atoms with Crippen molar-refractivity contribution in [3.05, 3.63) is 47.5 Å². The summed E-state index contributed by atoms with van der Waals surface area (Å²) in [6, 6.07) is 7.34. The van der Waals surface area contributed by atoms with Crippen molar-refractivity contribution in [1.29, 1.82) is 0 Å². The van der Waals surface area contributed by atoms with Crippen LogP contribution in [-0.4, -0.2) is 11.1 Å². The number of carboxylic acid groups (broad SMARTS) is 1. The lowest BCUT2D eigenvalue weighted by atomic mass is 10.2. The lowest BCUT2D eigenvalue weighted by molar-refractivity contribution is 0.0663. The molecule has 0 aliphatic carbocycles. The Bertz CT molecular complexity index is 563. The molecule has 0 radical (unpaired) electrons. The maximum absolute atomic E-state index is 13.0. The quantitative estimate of drug-likeness (QED) is 0.857. The molecule has 0 saturated carbocycles. The van der Waals surface area contributed by atoms with E-state index in [0.717, 1.165) is 0 Å². The summed E-state index contributed by atoms with van der Waals surface area (Å²) in [7, 11) is 0. The number of carboxylic acids is 1. The second-order valence-corrected chi connectivity index (χ2v) is 3.56. The largest absolute Gasteiger partial charge is 0.475 e. The predicted octanol–water partition coefficient (Wildman–Crippen LogP) is 3.17. The normalized spacial score (nSPS) is 10.2. The van der Waals surface area contributed by atoms with Crippen LogP contribution in [-0.2, 0) is 0 Å². The van der Waals surface area contributed by atoms with E-state index in [1.54, 1.807) is 19.1 Å². The zero-order valence-corrected chi connectivity index (χ0v) is 9.03. The minimum Gasteiger partial charge on any atom is -0.475 e. The van der Waals surface area contributed by atoms with Crippen LogP contribution in [0, 0.1) is 12.7 Å². The summed E-state index contributed by atoms with van der Waals surface area (Å²) in [4.78, 5) is 10.6. The maximum Gasteiger partial charge on any atom is 0.371 e. The first-order valence-electron chi connectivity index (χ1n) is 4.92. The van der Waals surface area contributed by atoms with Gasteiger partial charge in [0, 0.05) is 11.8 Å². The van der Waals surface area contributed by atoms with Crippen LogP contribution in [0.25, 0.3) is 0 Å². The van der Waals surface area contributed by atoms with Crippen molar-refractivity contribution in [2.24, 2.45) is 0 Å². The van der Waals surface area contributed by atoms with Gasteiger partial charge < -0.3 is 14.8 Å². The average Bonchev–Trinajstić information content (AvgIpc) is 2.72. The molecule has 0 bridgehead atoms. The first-order valence-corrected chi connectivity index (χ1v) is 4.92. The van der Waals surface area contributed by atoms with Gasteiger partial charge in [-0.1, -0.05) is 0 Å². The smallest absolute Gasteiger partial charge is 0.371 e. The molecule has 0 spiro atoms. The van der Waals surface area contributed by atoms with Crippen LogP contribution in [0.5, 0.6) is 0 Å². The summed E-state index contributed by atoms with van der Waals surface area (Å²) >= 11 is 0. The van der Waals surface area contributed by atoms with Crippen LogP contribution in [0.2, 0.25) is 0 Å². The highest BCUT2D eigenvalue weighted by Gasteiger charge is 2.09. The Morgan fingerprint density at radius 2 is 2.12 bits per heavy atom. The van der Waals surface area contributed by atoms with Crippen molar-refractivity contribution in [2.45, 2.75) is 6.92 Å².